The zero-order chi connectivity index (χ0) is 11.9. The minimum Gasteiger partial charge on any atom is -0.321 e. The predicted molar refractivity (Wildman–Crippen MR) is 59.1 cm³/mol. The minimum absolute atomic E-state index is 0.0648. The normalized spacial score (nSPS) is 10.1. The molecule has 0 saturated heterocycles. The maximum atomic E-state index is 10.5. The Morgan fingerprint density at radius 2 is 1.67 bits per heavy atom. The maximum absolute atomic E-state index is 10.5. The number of hydrogen-bond donors (Lipinski definition) is 2. The van der Waals surface area contributed by atoms with Gasteiger partial charge in [0.1, 0.15) is 5.78 Å². The van der Waals surface area contributed by atoms with Crippen LogP contribution in [-0.2, 0) is 9.36 Å². The second-order valence-corrected chi connectivity index (χ2v) is 4.54. The van der Waals surface area contributed by atoms with Crippen LogP contribution >= 0.6 is 7.60 Å². The monoisotopic (exact) mass is 230 g/mol. The Bertz CT molecular complexity index is 342. The molecule has 0 saturated carbocycles. The molecule has 0 unspecified atom stereocenters. The van der Waals surface area contributed by atoms with Gasteiger partial charge in [0.2, 0.25) is 0 Å². The third kappa shape index (κ3) is 7.03. The molecule has 1 rings (SSSR count). The Kier molecular flexibility index (Phi) is 6.09. The summed E-state index contributed by atoms with van der Waals surface area (Å²) in [5, 5.41) is 0.0648. The van der Waals surface area contributed by atoms with Gasteiger partial charge in [-0.15, -0.1) is 0 Å². The quantitative estimate of drug-likeness (QED) is 0.754. The molecule has 1 aromatic carbocycles. The molecule has 5 heteroatoms. The number of hydrogen-bond acceptors (Lipinski definition) is 2. The van der Waals surface area contributed by atoms with E-state index in [1.54, 1.807) is 25.1 Å². The van der Waals surface area contributed by atoms with Gasteiger partial charge in [0.15, 0.2) is 0 Å². The number of carbonyl (C=O) groups excluding carboxylic acids is 1. The molecule has 0 fully saturated rings. The minimum atomic E-state index is -4.02. The number of ketones is 1. The summed E-state index contributed by atoms with van der Waals surface area (Å²) in [6.07, 6.45) is 0.667. The molecule has 0 aliphatic carbocycles. The van der Waals surface area contributed by atoms with Gasteiger partial charge in [-0.1, -0.05) is 25.1 Å². The van der Waals surface area contributed by atoms with Crippen molar-refractivity contribution in [3.8, 4) is 0 Å². The molecular formula is C10H15O4P. The number of Topliss-reactive ketones (excluding diaryl/α,β-unsaturated/α-hetero) is 1. The lowest BCUT2D eigenvalue weighted by molar-refractivity contribution is -0.116. The topological polar surface area (TPSA) is 74.6 Å². The molecule has 0 radical (unpaired) electrons. The van der Waals surface area contributed by atoms with E-state index >= 15 is 0 Å². The molecule has 4 nitrogen and oxygen atoms in total. The number of carbonyl (C=O) groups is 1. The van der Waals surface area contributed by atoms with Crippen molar-refractivity contribution < 1.29 is 19.1 Å². The summed E-state index contributed by atoms with van der Waals surface area (Å²) in [5.41, 5.74) is 0. The first-order valence-corrected chi connectivity index (χ1v) is 6.09. The SMILES string of the molecule is CCC(C)=O.O=P(O)(O)c1ccccc1. The molecule has 0 heterocycles. The van der Waals surface area contributed by atoms with Crippen molar-refractivity contribution in [1.29, 1.82) is 0 Å². The first-order chi connectivity index (χ1) is 6.88. The van der Waals surface area contributed by atoms with E-state index in [9.17, 15) is 9.36 Å². The van der Waals surface area contributed by atoms with Crippen LogP contribution in [-0.4, -0.2) is 15.6 Å². The molecule has 0 atom stereocenters. The molecule has 0 aliphatic heterocycles. The molecular weight excluding hydrogens is 215 g/mol. The fourth-order valence-corrected chi connectivity index (χ4v) is 1.18. The Balaban J connectivity index is 0.000000336. The van der Waals surface area contributed by atoms with Crippen molar-refractivity contribution in [3.05, 3.63) is 30.3 Å². The lowest BCUT2D eigenvalue weighted by Gasteiger charge is -2.00. The molecule has 0 spiro atoms. The molecule has 15 heavy (non-hydrogen) atoms. The van der Waals surface area contributed by atoms with Crippen LogP contribution in [0, 0.1) is 0 Å². The van der Waals surface area contributed by atoms with Crippen LogP contribution in [0.15, 0.2) is 30.3 Å². The van der Waals surface area contributed by atoms with E-state index in [0.717, 1.165) is 0 Å². The van der Waals surface area contributed by atoms with Crippen LogP contribution in [0.25, 0.3) is 0 Å². The number of rotatable bonds is 2. The van der Waals surface area contributed by atoms with E-state index < -0.39 is 7.60 Å². The Hall–Kier alpha value is -0.960. The van der Waals surface area contributed by atoms with E-state index in [2.05, 4.69) is 0 Å². The van der Waals surface area contributed by atoms with Crippen molar-refractivity contribution in [3.63, 3.8) is 0 Å². The van der Waals surface area contributed by atoms with E-state index in [1.807, 2.05) is 6.92 Å². The zero-order valence-corrected chi connectivity index (χ0v) is 9.65. The standard InChI is InChI=1S/C6H7O3P.C4H8O/c7-10(8,9)6-4-2-1-3-5-6;1-3-4(2)5/h1-5H,(H2,7,8,9);3H2,1-2H3. The molecule has 2 N–H and O–H groups in total. The molecule has 0 amide bonds. The van der Waals surface area contributed by atoms with Gasteiger partial charge in [0.25, 0.3) is 0 Å². The van der Waals surface area contributed by atoms with Crippen LogP contribution in [0.2, 0.25) is 0 Å². The lowest BCUT2D eigenvalue weighted by Crippen LogP contribution is -2.01. The summed E-state index contributed by atoms with van der Waals surface area (Å²) >= 11 is 0. The summed E-state index contributed by atoms with van der Waals surface area (Å²) < 4.78 is 10.5. The van der Waals surface area contributed by atoms with Gasteiger partial charge < -0.3 is 14.6 Å². The summed E-state index contributed by atoms with van der Waals surface area (Å²) in [6.45, 7) is 3.43. The van der Waals surface area contributed by atoms with E-state index in [-0.39, 0.29) is 11.1 Å². The highest BCUT2D eigenvalue weighted by atomic mass is 31.2. The highest BCUT2D eigenvalue weighted by Crippen LogP contribution is 2.32. The third-order valence-corrected chi connectivity index (χ3v) is 2.56. The summed E-state index contributed by atoms with van der Waals surface area (Å²) in [6, 6.07) is 7.70. The van der Waals surface area contributed by atoms with Crippen LogP contribution in [0.4, 0.5) is 0 Å². The average Bonchev–Trinajstić information content (AvgIpc) is 2.19. The first-order valence-electron chi connectivity index (χ1n) is 4.48. The van der Waals surface area contributed by atoms with Crippen molar-refractivity contribution in [2.24, 2.45) is 0 Å². The first kappa shape index (κ1) is 14.0. The van der Waals surface area contributed by atoms with E-state index in [4.69, 9.17) is 9.79 Å². The molecule has 0 bridgehead atoms. The smallest absolute Gasteiger partial charge is 0.321 e. The van der Waals surface area contributed by atoms with Gasteiger partial charge in [0, 0.05) is 6.42 Å². The van der Waals surface area contributed by atoms with Crippen molar-refractivity contribution in [2.75, 3.05) is 0 Å². The maximum Gasteiger partial charge on any atom is 0.356 e. The van der Waals surface area contributed by atoms with Gasteiger partial charge in [-0.25, -0.2) is 0 Å². The van der Waals surface area contributed by atoms with Gasteiger partial charge in [-0.2, -0.15) is 0 Å². The van der Waals surface area contributed by atoms with Gasteiger partial charge in [-0.3, -0.25) is 4.57 Å². The van der Waals surface area contributed by atoms with Gasteiger partial charge in [0.05, 0.1) is 5.30 Å². The second kappa shape index (κ2) is 6.51. The molecule has 84 valence electrons. The van der Waals surface area contributed by atoms with Crippen LogP contribution in [0.5, 0.6) is 0 Å². The molecule has 0 aromatic heterocycles. The fourth-order valence-electron chi connectivity index (χ4n) is 0.622. The highest BCUT2D eigenvalue weighted by Gasteiger charge is 2.14. The van der Waals surface area contributed by atoms with E-state index in [0.29, 0.717) is 6.42 Å². The number of benzene rings is 1. The highest BCUT2D eigenvalue weighted by molar-refractivity contribution is 7.60. The third-order valence-electron chi connectivity index (χ3n) is 1.59. The zero-order valence-electron chi connectivity index (χ0n) is 8.75. The van der Waals surface area contributed by atoms with Crippen molar-refractivity contribution >= 4 is 18.7 Å². The summed E-state index contributed by atoms with van der Waals surface area (Å²) in [4.78, 5) is 27.0. The summed E-state index contributed by atoms with van der Waals surface area (Å²) in [7, 11) is -4.02. The van der Waals surface area contributed by atoms with Gasteiger partial charge >= 0.3 is 7.60 Å². The van der Waals surface area contributed by atoms with E-state index in [1.165, 1.54) is 12.1 Å². The lowest BCUT2D eigenvalue weighted by atomic mass is 10.4. The second-order valence-electron chi connectivity index (χ2n) is 2.94. The van der Waals surface area contributed by atoms with Crippen LogP contribution in [0.3, 0.4) is 0 Å². The average molecular weight is 230 g/mol. The fraction of sp³-hybridized carbons (Fsp3) is 0.300. The Morgan fingerprint density at radius 3 is 1.87 bits per heavy atom. The molecule has 1 aromatic rings. The van der Waals surface area contributed by atoms with Crippen LogP contribution in [0.1, 0.15) is 20.3 Å². The van der Waals surface area contributed by atoms with Crippen molar-refractivity contribution in [1.82, 2.24) is 0 Å². The van der Waals surface area contributed by atoms with Gasteiger partial charge in [-0.05, 0) is 19.1 Å². The summed E-state index contributed by atoms with van der Waals surface area (Å²) in [5.74, 6) is 0.255. The van der Waals surface area contributed by atoms with Crippen LogP contribution < -0.4 is 5.30 Å². The Labute approximate surface area is 89.1 Å². The largest absolute Gasteiger partial charge is 0.356 e. The van der Waals surface area contributed by atoms with Crippen molar-refractivity contribution in [2.45, 2.75) is 20.3 Å². The predicted octanol–water partition coefficient (Wildman–Crippen LogP) is 1.47. The molecule has 0 aliphatic rings. The Morgan fingerprint density at radius 1 is 1.27 bits per heavy atom.